The van der Waals surface area contributed by atoms with Gasteiger partial charge in [-0.1, -0.05) is 13.8 Å². The van der Waals surface area contributed by atoms with Crippen molar-refractivity contribution in [3.05, 3.63) is 24.0 Å². The van der Waals surface area contributed by atoms with Crippen LogP contribution < -0.4 is 0 Å². The summed E-state index contributed by atoms with van der Waals surface area (Å²) in [5.41, 5.74) is 1.90. The Bertz CT molecular complexity index is 378. The first-order chi connectivity index (χ1) is 7.04. The molecule has 0 saturated carbocycles. The van der Waals surface area contributed by atoms with Crippen molar-refractivity contribution in [2.24, 2.45) is 13.0 Å². The maximum absolute atomic E-state index is 11.2. The summed E-state index contributed by atoms with van der Waals surface area (Å²) in [5.74, 6) is -0.0733. The van der Waals surface area contributed by atoms with Crippen LogP contribution in [0.25, 0.3) is 5.57 Å². The minimum atomic E-state index is -0.331. The summed E-state index contributed by atoms with van der Waals surface area (Å²) in [7, 11) is 3.22. The van der Waals surface area contributed by atoms with Crippen LogP contribution >= 0.6 is 0 Å². The molecule has 1 heterocycles. The lowest BCUT2D eigenvalue weighted by molar-refractivity contribution is -0.134. The van der Waals surface area contributed by atoms with E-state index >= 15 is 0 Å². The van der Waals surface area contributed by atoms with E-state index in [4.69, 9.17) is 0 Å². The molecule has 15 heavy (non-hydrogen) atoms. The number of ether oxygens (including phenoxy) is 1. The monoisotopic (exact) mass is 208 g/mol. The van der Waals surface area contributed by atoms with Gasteiger partial charge in [-0.15, -0.1) is 0 Å². The topological polar surface area (TPSA) is 44.1 Å². The number of aromatic nitrogens is 2. The standard InChI is InChI=1S/C11H16N2O2/c1-8(2)10(5-11(14)15-4)9-6-12-13(3)7-9/h5-8H,1-4H3/b10-5-. The highest BCUT2D eigenvalue weighted by atomic mass is 16.5. The SMILES string of the molecule is COC(=O)/C=C(\c1cnn(C)c1)C(C)C. The van der Waals surface area contributed by atoms with E-state index in [1.165, 1.54) is 13.2 Å². The molecule has 82 valence electrons. The molecule has 0 aromatic carbocycles. The quantitative estimate of drug-likeness (QED) is 0.560. The van der Waals surface area contributed by atoms with Gasteiger partial charge in [-0.3, -0.25) is 4.68 Å². The highest BCUT2D eigenvalue weighted by molar-refractivity contribution is 5.91. The normalized spacial score (nSPS) is 11.9. The fourth-order valence-electron chi connectivity index (χ4n) is 1.34. The zero-order chi connectivity index (χ0) is 11.4. The number of hydrogen-bond acceptors (Lipinski definition) is 3. The molecule has 0 bridgehead atoms. The molecule has 0 aliphatic carbocycles. The number of methoxy groups -OCH3 is 1. The maximum atomic E-state index is 11.2. The molecule has 0 aliphatic rings. The van der Waals surface area contributed by atoms with E-state index < -0.39 is 0 Å². The highest BCUT2D eigenvalue weighted by Gasteiger charge is 2.10. The minimum Gasteiger partial charge on any atom is -0.466 e. The second-order valence-electron chi connectivity index (χ2n) is 3.68. The third-order valence-corrected chi connectivity index (χ3v) is 2.13. The summed E-state index contributed by atoms with van der Waals surface area (Å²) in [4.78, 5) is 11.2. The van der Waals surface area contributed by atoms with Crippen molar-refractivity contribution in [3.63, 3.8) is 0 Å². The predicted molar refractivity (Wildman–Crippen MR) is 58.0 cm³/mol. The molecule has 4 nitrogen and oxygen atoms in total. The Morgan fingerprint density at radius 3 is 2.67 bits per heavy atom. The Morgan fingerprint density at radius 2 is 2.27 bits per heavy atom. The average molecular weight is 208 g/mol. The Labute approximate surface area is 89.5 Å². The van der Waals surface area contributed by atoms with Gasteiger partial charge in [-0.2, -0.15) is 5.10 Å². The van der Waals surface area contributed by atoms with Crippen LogP contribution in [0.4, 0.5) is 0 Å². The Kier molecular flexibility index (Phi) is 3.66. The lowest BCUT2D eigenvalue weighted by Gasteiger charge is -2.08. The van der Waals surface area contributed by atoms with Gasteiger partial charge in [0.15, 0.2) is 0 Å². The number of esters is 1. The van der Waals surface area contributed by atoms with Crippen molar-refractivity contribution in [1.29, 1.82) is 0 Å². The first-order valence-electron chi connectivity index (χ1n) is 4.83. The van der Waals surface area contributed by atoms with Crippen LogP contribution in [-0.2, 0) is 16.6 Å². The van der Waals surface area contributed by atoms with Gasteiger partial charge >= 0.3 is 5.97 Å². The van der Waals surface area contributed by atoms with Crippen LogP contribution in [0, 0.1) is 5.92 Å². The summed E-state index contributed by atoms with van der Waals surface area (Å²) in [5, 5.41) is 4.08. The fourth-order valence-corrected chi connectivity index (χ4v) is 1.34. The molecule has 0 radical (unpaired) electrons. The number of hydrogen-bond donors (Lipinski definition) is 0. The minimum absolute atomic E-state index is 0.258. The third kappa shape index (κ3) is 2.94. The van der Waals surface area contributed by atoms with E-state index in [9.17, 15) is 4.79 Å². The van der Waals surface area contributed by atoms with Gasteiger partial charge in [0.05, 0.1) is 13.3 Å². The first kappa shape index (κ1) is 11.5. The number of carbonyl (C=O) groups excluding carboxylic acids is 1. The summed E-state index contributed by atoms with van der Waals surface area (Å²) in [6.45, 7) is 4.06. The van der Waals surface area contributed by atoms with E-state index in [1.807, 2.05) is 27.1 Å². The van der Waals surface area contributed by atoms with Gasteiger partial charge in [0.1, 0.15) is 0 Å². The Balaban J connectivity index is 3.03. The molecular formula is C11H16N2O2. The summed E-state index contributed by atoms with van der Waals surface area (Å²) >= 11 is 0. The smallest absolute Gasteiger partial charge is 0.330 e. The summed E-state index contributed by atoms with van der Waals surface area (Å²) in [6.07, 6.45) is 5.14. The summed E-state index contributed by atoms with van der Waals surface area (Å²) < 4.78 is 6.33. The van der Waals surface area contributed by atoms with Crippen LogP contribution in [0.2, 0.25) is 0 Å². The molecule has 0 N–H and O–H groups in total. The van der Waals surface area contributed by atoms with Crippen molar-refractivity contribution in [2.75, 3.05) is 7.11 Å². The number of carbonyl (C=O) groups is 1. The molecule has 0 fully saturated rings. The van der Waals surface area contributed by atoms with E-state index in [0.29, 0.717) is 0 Å². The lowest BCUT2D eigenvalue weighted by atomic mass is 9.98. The van der Waals surface area contributed by atoms with E-state index in [1.54, 1.807) is 10.9 Å². The second-order valence-corrected chi connectivity index (χ2v) is 3.68. The van der Waals surface area contributed by atoms with Gasteiger partial charge in [0, 0.05) is 24.9 Å². The predicted octanol–water partition coefficient (Wildman–Crippen LogP) is 1.63. The van der Waals surface area contributed by atoms with E-state index in [-0.39, 0.29) is 11.9 Å². The van der Waals surface area contributed by atoms with Crippen molar-refractivity contribution >= 4 is 11.5 Å². The van der Waals surface area contributed by atoms with E-state index in [0.717, 1.165) is 11.1 Å². The van der Waals surface area contributed by atoms with Crippen LogP contribution in [0.5, 0.6) is 0 Å². The zero-order valence-electron chi connectivity index (χ0n) is 9.52. The fraction of sp³-hybridized carbons (Fsp3) is 0.455. The zero-order valence-corrected chi connectivity index (χ0v) is 9.52. The maximum Gasteiger partial charge on any atom is 0.330 e. The molecule has 4 heteroatoms. The van der Waals surface area contributed by atoms with Crippen LogP contribution in [0.15, 0.2) is 18.5 Å². The molecule has 0 spiro atoms. The highest BCUT2D eigenvalue weighted by Crippen LogP contribution is 2.22. The van der Waals surface area contributed by atoms with Gasteiger partial charge in [0.25, 0.3) is 0 Å². The second kappa shape index (κ2) is 4.77. The van der Waals surface area contributed by atoms with Crippen LogP contribution in [0.1, 0.15) is 19.4 Å². The van der Waals surface area contributed by atoms with Crippen molar-refractivity contribution < 1.29 is 9.53 Å². The Morgan fingerprint density at radius 1 is 1.60 bits per heavy atom. The van der Waals surface area contributed by atoms with Gasteiger partial charge in [-0.05, 0) is 11.5 Å². The molecular weight excluding hydrogens is 192 g/mol. The molecule has 1 aromatic heterocycles. The van der Waals surface area contributed by atoms with E-state index in [2.05, 4.69) is 9.84 Å². The van der Waals surface area contributed by atoms with Crippen molar-refractivity contribution in [3.8, 4) is 0 Å². The molecule has 0 aliphatic heterocycles. The molecule has 0 unspecified atom stereocenters. The molecule has 0 saturated heterocycles. The van der Waals surface area contributed by atoms with Gasteiger partial charge in [-0.25, -0.2) is 4.79 Å². The largest absolute Gasteiger partial charge is 0.466 e. The van der Waals surface area contributed by atoms with Crippen molar-refractivity contribution in [2.45, 2.75) is 13.8 Å². The van der Waals surface area contributed by atoms with Crippen LogP contribution in [-0.4, -0.2) is 22.9 Å². The van der Waals surface area contributed by atoms with Gasteiger partial charge < -0.3 is 4.74 Å². The average Bonchev–Trinajstić information content (AvgIpc) is 2.60. The first-order valence-corrected chi connectivity index (χ1v) is 4.83. The Hall–Kier alpha value is -1.58. The molecule has 1 aromatic rings. The molecule has 1 rings (SSSR count). The number of rotatable bonds is 3. The molecule has 0 atom stereocenters. The van der Waals surface area contributed by atoms with Crippen molar-refractivity contribution in [1.82, 2.24) is 9.78 Å². The number of allylic oxidation sites excluding steroid dienone is 1. The van der Waals surface area contributed by atoms with Crippen LogP contribution in [0.3, 0.4) is 0 Å². The summed E-state index contributed by atoms with van der Waals surface area (Å²) in [6, 6.07) is 0. The lowest BCUT2D eigenvalue weighted by Crippen LogP contribution is -2.00. The van der Waals surface area contributed by atoms with Gasteiger partial charge in [0.2, 0.25) is 0 Å². The number of nitrogens with zero attached hydrogens (tertiary/aromatic N) is 2. The molecule has 0 amide bonds. The third-order valence-electron chi connectivity index (χ3n) is 2.13. The number of aryl methyl sites for hydroxylation is 1.